The number of hydrogen-bond acceptors (Lipinski definition) is 4. The maximum atomic E-state index is 12.4. The molecular formula is C19H17ClN2O4. The van der Waals surface area contributed by atoms with Crippen LogP contribution in [0.4, 0.5) is 4.79 Å². The first kappa shape index (κ1) is 17.9. The summed E-state index contributed by atoms with van der Waals surface area (Å²) in [5.41, 5.74) is 1.03. The topological polar surface area (TPSA) is 84.5 Å². The van der Waals surface area contributed by atoms with Gasteiger partial charge >= 0.3 is 6.03 Å². The molecule has 0 spiro atoms. The Balaban J connectivity index is 1.50. The van der Waals surface area contributed by atoms with Crippen molar-refractivity contribution in [2.75, 3.05) is 6.61 Å². The number of hydrogen-bond donors (Lipinski definition) is 2. The Morgan fingerprint density at radius 2 is 1.54 bits per heavy atom. The van der Waals surface area contributed by atoms with Crippen molar-refractivity contribution >= 4 is 29.3 Å². The van der Waals surface area contributed by atoms with Crippen LogP contribution in [0.15, 0.2) is 48.5 Å². The van der Waals surface area contributed by atoms with E-state index in [9.17, 15) is 14.4 Å². The molecule has 2 aromatic carbocycles. The van der Waals surface area contributed by atoms with E-state index < -0.39 is 11.9 Å². The number of urea groups is 1. The largest absolute Gasteiger partial charge is 0.484 e. The van der Waals surface area contributed by atoms with E-state index >= 15 is 0 Å². The van der Waals surface area contributed by atoms with Crippen molar-refractivity contribution in [2.45, 2.75) is 18.9 Å². The van der Waals surface area contributed by atoms with Gasteiger partial charge < -0.3 is 10.1 Å². The van der Waals surface area contributed by atoms with Gasteiger partial charge in [-0.05, 0) is 61.4 Å². The Bertz CT molecular complexity index is 814. The lowest BCUT2D eigenvalue weighted by Crippen LogP contribution is -2.42. The monoisotopic (exact) mass is 372 g/mol. The summed E-state index contributed by atoms with van der Waals surface area (Å²) in [6, 6.07) is 12.7. The average Bonchev–Trinajstić information content (AvgIpc) is 3.44. The molecule has 0 saturated heterocycles. The number of imide groups is 1. The van der Waals surface area contributed by atoms with E-state index in [1.165, 1.54) is 0 Å². The second kappa shape index (κ2) is 8.01. The van der Waals surface area contributed by atoms with E-state index in [0.29, 0.717) is 21.9 Å². The van der Waals surface area contributed by atoms with Crippen molar-refractivity contribution in [3.63, 3.8) is 0 Å². The smallest absolute Gasteiger partial charge is 0.321 e. The van der Waals surface area contributed by atoms with Gasteiger partial charge in [0.1, 0.15) is 5.75 Å². The van der Waals surface area contributed by atoms with Gasteiger partial charge in [0.25, 0.3) is 5.91 Å². The summed E-state index contributed by atoms with van der Waals surface area (Å²) in [6.45, 7) is -0.289. The van der Waals surface area contributed by atoms with E-state index in [1.54, 1.807) is 48.5 Å². The van der Waals surface area contributed by atoms with Crippen molar-refractivity contribution in [3.8, 4) is 5.75 Å². The number of rotatable bonds is 6. The van der Waals surface area contributed by atoms with Gasteiger partial charge in [0, 0.05) is 22.2 Å². The molecule has 0 aromatic heterocycles. The molecule has 26 heavy (non-hydrogen) atoms. The highest BCUT2D eigenvalue weighted by Crippen LogP contribution is 2.18. The molecule has 0 bridgehead atoms. The van der Waals surface area contributed by atoms with Crippen molar-refractivity contribution < 1.29 is 19.1 Å². The van der Waals surface area contributed by atoms with Crippen LogP contribution >= 0.6 is 11.6 Å². The maximum absolute atomic E-state index is 12.4. The Labute approximate surface area is 155 Å². The molecule has 0 heterocycles. The number of benzene rings is 2. The van der Waals surface area contributed by atoms with Crippen LogP contribution in [0.2, 0.25) is 5.02 Å². The zero-order valence-electron chi connectivity index (χ0n) is 13.8. The molecule has 3 amide bonds. The first-order chi connectivity index (χ1) is 12.5. The van der Waals surface area contributed by atoms with Crippen LogP contribution in [0, 0.1) is 0 Å². The van der Waals surface area contributed by atoms with Gasteiger partial charge in [0.15, 0.2) is 12.4 Å². The van der Waals surface area contributed by atoms with E-state index in [1.807, 2.05) is 0 Å². The van der Waals surface area contributed by atoms with E-state index in [2.05, 4.69) is 10.6 Å². The summed E-state index contributed by atoms with van der Waals surface area (Å²) < 4.78 is 5.32. The molecule has 2 N–H and O–H groups in total. The lowest BCUT2D eigenvalue weighted by Gasteiger charge is -2.08. The van der Waals surface area contributed by atoms with Gasteiger partial charge in [-0.2, -0.15) is 0 Å². The van der Waals surface area contributed by atoms with Gasteiger partial charge in [0.2, 0.25) is 0 Å². The Morgan fingerprint density at radius 3 is 2.12 bits per heavy atom. The number of carbonyl (C=O) groups is 3. The average molecular weight is 373 g/mol. The molecule has 2 aromatic rings. The molecule has 0 atom stereocenters. The first-order valence-corrected chi connectivity index (χ1v) is 8.52. The molecule has 7 heteroatoms. The minimum Gasteiger partial charge on any atom is -0.484 e. The standard InChI is InChI=1S/C19H17ClN2O4/c20-14-5-1-12(2-6-14)18(24)13-3-9-16(10-4-13)26-11-17(23)22-19(25)21-15-7-8-15/h1-6,9-10,15H,7-8,11H2,(H2,21,22,23,25). The van der Waals surface area contributed by atoms with Crippen molar-refractivity contribution in [2.24, 2.45) is 0 Å². The molecule has 1 aliphatic carbocycles. The predicted molar refractivity (Wildman–Crippen MR) is 96.5 cm³/mol. The molecular weight excluding hydrogens is 356 g/mol. The van der Waals surface area contributed by atoms with Gasteiger partial charge in [0.05, 0.1) is 0 Å². The summed E-state index contributed by atoms with van der Waals surface area (Å²) in [4.78, 5) is 35.5. The van der Waals surface area contributed by atoms with Crippen LogP contribution in [-0.2, 0) is 4.79 Å². The van der Waals surface area contributed by atoms with Crippen LogP contribution in [0.25, 0.3) is 0 Å². The molecule has 6 nitrogen and oxygen atoms in total. The number of amides is 3. The minimum atomic E-state index is -0.538. The van der Waals surface area contributed by atoms with Crippen molar-refractivity contribution in [1.29, 1.82) is 0 Å². The molecule has 0 unspecified atom stereocenters. The number of halogens is 1. The van der Waals surface area contributed by atoms with Crippen LogP contribution in [0.3, 0.4) is 0 Å². The second-order valence-corrected chi connectivity index (χ2v) is 6.38. The quantitative estimate of drug-likeness (QED) is 0.763. The summed E-state index contributed by atoms with van der Waals surface area (Å²) in [5.74, 6) is -0.248. The zero-order chi connectivity index (χ0) is 18.5. The number of carbonyl (C=O) groups excluding carboxylic acids is 3. The van der Waals surface area contributed by atoms with Crippen molar-refractivity contribution in [1.82, 2.24) is 10.6 Å². The van der Waals surface area contributed by atoms with Gasteiger partial charge in [-0.15, -0.1) is 0 Å². The fourth-order valence-corrected chi connectivity index (χ4v) is 2.36. The fraction of sp³-hybridized carbons (Fsp3) is 0.211. The molecule has 1 saturated carbocycles. The van der Waals surface area contributed by atoms with Crippen LogP contribution in [-0.4, -0.2) is 30.4 Å². The van der Waals surface area contributed by atoms with E-state index in [0.717, 1.165) is 12.8 Å². The SMILES string of the molecule is O=C(COc1ccc(C(=O)c2ccc(Cl)cc2)cc1)NC(=O)NC1CC1. The van der Waals surface area contributed by atoms with E-state index in [4.69, 9.17) is 16.3 Å². The summed E-state index contributed by atoms with van der Waals surface area (Å²) in [6.07, 6.45) is 1.89. The highest BCUT2D eigenvalue weighted by atomic mass is 35.5. The Morgan fingerprint density at radius 1 is 0.962 bits per heavy atom. The summed E-state index contributed by atoms with van der Waals surface area (Å²) >= 11 is 5.82. The zero-order valence-corrected chi connectivity index (χ0v) is 14.6. The maximum Gasteiger partial charge on any atom is 0.321 e. The van der Waals surface area contributed by atoms with Gasteiger partial charge in [-0.25, -0.2) is 4.79 Å². The summed E-state index contributed by atoms with van der Waals surface area (Å²) in [7, 11) is 0. The molecule has 3 rings (SSSR count). The third-order valence-corrected chi connectivity index (χ3v) is 4.01. The third-order valence-electron chi connectivity index (χ3n) is 3.76. The van der Waals surface area contributed by atoms with Crippen LogP contribution in [0.1, 0.15) is 28.8 Å². The third kappa shape index (κ3) is 5.07. The predicted octanol–water partition coefficient (Wildman–Crippen LogP) is 2.94. The normalized spacial score (nSPS) is 13.0. The van der Waals surface area contributed by atoms with E-state index in [-0.39, 0.29) is 18.4 Å². The number of ether oxygens (including phenoxy) is 1. The van der Waals surface area contributed by atoms with Gasteiger partial charge in [-0.3, -0.25) is 14.9 Å². The summed E-state index contributed by atoms with van der Waals surface area (Å²) in [5, 5.41) is 5.41. The Hall–Kier alpha value is -2.86. The lowest BCUT2D eigenvalue weighted by molar-refractivity contribution is -0.122. The van der Waals surface area contributed by atoms with Gasteiger partial charge in [-0.1, -0.05) is 11.6 Å². The molecule has 1 fully saturated rings. The second-order valence-electron chi connectivity index (χ2n) is 5.94. The first-order valence-electron chi connectivity index (χ1n) is 8.15. The molecule has 0 aliphatic heterocycles. The Kier molecular flexibility index (Phi) is 5.53. The molecule has 1 aliphatic rings. The molecule has 0 radical (unpaired) electrons. The fourth-order valence-electron chi connectivity index (χ4n) is 2.23. The van der Waals surface area contributed by atoms with Crippen LogP contribution < -0.4 is 15.4 Å². The molecule has 134 valence electrons. The lowest BCUT2D eigenvalue weighted by atomic mass is 10.0. The van der Waals surface area contributed by atoms with Crippen molar-refractivity contribution in [3.05, 3.63) is 64.7 Å². The highest BCUT2D eigenvalue weighted by Gasteiger charge is 2.23. The van der Waals surface area contributed by atoms with Crippen LogP contribution in [0.5, 0.6) is 5.75 Å². The number of ketones is 1. The number of nitrogens with one attached hydrogen (secondary N) is 2. The minimum absolute atomic E-state index is 0.136. The highest BCUT2D eigenvalue weighted by molar-refractivity contribution is 6.30.